The van der Waals surface area contributed by atoms with Crippen LogP contribution in [0.3, 0.4) is 0 Å². The van der Waals surface area contributed by atoms with Crippen LogP contribution in [0.4, 0.5) is 0 Å². The van der Waals surface area contributed by atoms with E-state index in [0.29, 0.717) is 0 Å². The molecule has 0 heterocycles. The zero-order valence-electron chi connectivity index (χ0n) is 14.7. The van der Waals surface area contributed by atoms with Crippen molar-refractivity contribution in [2.75, 3.05) is 0 Å². The van der Waals surface area contributed by atoms with E-state index < -0.39 is 0 Å². The van der Waals surface area contributed by atoms with Gasteiger partial charge in [-0.25, -0.2) is 0 Å². The molecule has 0 rings (SSSR count). The summed E-state index contributed by atoms with van der Waals surface area (Å²) >= 11 is 1.72. The summed E-state index contributed by atoms with van der Waals surface area (Å²) in [4.78, 5) is 0. The van der Waals surface area contributed by atoms with E-state index in [9.17, 15) is 0 Å². The minimum Gasteiger partial charge on any atom is -0.147 e. The van der Waals surface area contributed by atoms with Crippen LogP contribution in [0.2, 0.25) is 4.44 Å². The third-order valence-electron chi connectivity index (χ3n) is 4.03. The first-order valence-electron chi connectivity index (χ1n) is 9.06. The largest absolute Gasteiger partial charge is 0.147 e. The van der Waals surface area contributed by atoms with Crippen molar-refractivity contribution in [3.8, 4) is 0 Å². The predicted octanol–water partition coefficient (Wildman–Crippen LogP) is 8.10. The first-order chi connectivity index (χ1) is 9.41. The van der Waals surface area contributed by atoms with Crippen molar-refractivity contribution in [1.29, 1.82) is 0 Å². The molecule has 0 fully saturated rings. The summed E-state index contributed by atoms with van der Waals surface area (Å²) in [5.74, 6) is 0. The van der Waals surface area contributed by atoms with Crippen LogP contribution in [-0.2, 0) is 0 Å². The molecule has 0 nitrogen and oxygen atoms in total. The van der Waals surface area contributed by atoms with Crippen molar-refractivity contribution >= 4 is 59.7 Å². The maximum atomic E-state index is 2.30. The molecule has 0 amide bonds. The summed E-state index contributed by atoms with van der Waals surface area (Å²) < 4.78 is 1.46. The molecule has 137 valence electrons. The van der Waals surface area contributed by atoms with Crippen molar-refractivity contribution in [2.45, 2.75) is 114 Å². The van der Waals surface area contributed by atoms with Crippen molar-refractivity contribution in [1.82, 2.24) is 0 Å². The quantitative estimate of drug-likeness (QED) is 0.154. The minimum atomic E-state index is 0. The summed E-state index contributed by atoms with van der Waals surface area (Å²) in [6.45, 7) is 2.30. The Labute approximate surface area is 173 Å². The van der Waals surface area contributed by atoms with Crippen LogP contribution in [-0.4, -0.2) is 22.5 Å². The van der Waals surface area contributed by atoms with Gasteiger partial charge in [0.2, 0.25) is 0 Å². The zero-order valence-corrected chi connectivity index (χ0v) is 20.0. The summed E-state index contributed by atoms with van der Waals surface area (Å²) in [7, 11) is 0. The number of hydrogen-bond donors (Lipinski definition) is 0. The Kier molecular flexibility index (Phi) is 43.6. The molecule has 0 N–H and O–H groups in total. The molecule has 3 radical (unpaired) electrons. The van der Waals surface area contributed by atoms with Gasteiger partial charge in [-0.3, -0.25) is 0 Å². The third kappa shape index (κ3) is 29.7. The van der Waals surface area contributed by atoms with E-state index in [1.807, 2.05) is 0 Å². The van der Waals surface area contributed by atoms with Gasteiger partial charge in [-0.05, 0) is 0 Å². The number of halogens is 3. The van der Waals surface area contributed by atoms with E-state index in [1.54, 1.807) is 22.5 Å². The van der Waals surface area contributed by atoms with E-state index in [2.05, 4.69) is 6.92 Å². The van der Waals surface area contributed by atoms with E-state index in [0.717, 1.165) is 0 Å². The van der Waals surface area contributed by atoms with Gasteiger partial charge < -0.3 is 0 Å². The molecule has 0 aliphatic carbocycles. The molecule has 0 aliphatic heterocycles. The van der Waals surface area contributed by atoms with Crippen molar-refractivity contribution in [2.24, 2.45) is 0 Å². The molecule has 0 aliphatic rings. The van der Waals surface area contributed by atoms with Gasteiger partial charge in [0.25, 0.3) is 0 Å². The fourth-order valence-electron chi connectivity index (χ4n) is 2.67. The smallest absolute Gasteiger partial charge is 0.147 e. The van der Waals surface area contributed by atoms with Gasteiger partial charge in [0.15, 0.2) is 0 Å². The van der Waals surface area contributed by atoms with E-state index >= 15 is 0 Å². The Hall–Kier alpha value is 1.67. The van der Waals surface area contributed by atoms with Crippen LogP contribution in [0.25, 0.3) is 0 Å². The average Bonchev–Trinajstić information content (AvgIpc) is 2.43. The second kappa shape index (κ2) is 30.5. The zero-order chi connectivity index (χ0) is 14.0. The molecule has 0 unspecified atom stereocenters. The Morgan fingerprint density at radius 2 is 0.636 bits per heavy atom. The minimum absolute atomic E-state index is 0. The molecular weight excluding hydrogens is 441 g/mol. The van der Waals surface area contributed by atoms with Crippen LogP contribution in [0.1, 0.15) is 110 Å². The molecular formula is C18H40Cl3Sn. The van der Waals surface area contributed by atoms with Crippen molar-refractivity contribution < 1.29 is 0 Å². The summed E-state index contributed by atoms with van der Waals surface area (Å²) in [5, 5.41) is 0. The van der Waals surface area contributed by atoms with Crippen LogP contribution in [0, 0.1) is 0 Å². The Morgan fingerprint density at radius 3 is 0.864 bits per heavy atom. The fraction of sp³-hybridized carbons (Fsp3) is 1.00. The normalized spacial score (nSPS) is 9.55. The first-order valence-corrected chi connectivity index (χ1v) is 11.1. The van der Waals surface area contributed by atoms with Gasteiger partial charge in [0, 0.05) is 0 Å². The fourth-order valence-corrected chi connectivity index (χ4v) is 3.39. The van der Waals surface area contributed by atoms with Gasteiger partial charge in [-0.15, -0.1) is 37.2 Å². The molecule has 0 aromatic heterocycles. The van der Waals surface area contributed by atoms with Crippen LogP contribution in [0.15, 0.2) is 0 Å². The molecule has 0 aromatic carbocycles. The standard InChI is InChI=1S/C18H37.3ClH.Sn/c1-3-5-7-9-11-13-15-17-18-16-14-12-10-8-6-4-2;;;;/h1,3-18H2,2H3;3*1H;. The number of hydrogen-bond acceptors (Lipinski definition) is 0. The number of unbranched alkanes of at least 4 members (excludes halogenated alkanes) is 15. The second-order valence-corrected chi connectivity index (χ2v) is 7.48. The van der Waals surface area contributed by atoms with Gasteiger partial charge in [-0.1, -0.05) is 39.0 Å². The van der Waals surface area contributed by atoms with Crippen LogP contribution < -0.4 is 0 Å². The summed E-state index contributed by atoms with van der Waals surface area (Å²) in [5.41, 5.74) is 0. The second-order valence-electron chi connectivity index (χ2n) is 6.05. The third-order valence-corrected chi connectivity index (χ3v) is 5.04. The van der Waals surface area contributed by atoms with E-state index in [-0.39, 0.29) is 37.2 Å². The Balaban J connectivity index is -0.000000540. The summed E-state index contributed by atoms with van der Waals surface area (Å²) in [6, 6.07) is 0. The van der Waals surface area contributed by atoms with Crippen LogP contribution >= 0.6 is 37.2 Å². The van der Waals surface area contributed by atoms with E-state index in [1.165, 1.54) is 107 Å². The molecule has 0 saturated carbocycles. The van der Waals surface area contributed by atoms with E-state index in [4.69, 9.17) is 0 Å². The first kappa shape index (κ1) is 31.4. The predicted molar refractivity (Wildman–Crippen MR) is 112 cm³/mol. The molecule has 0 aromatic rings. The molecule has 0 saturated heterocycles. The molecule has 0 bridgehead atoms. The molecule has 4 heteroatoms. The van der Waals surface area contributed by atoms with Gasteiger partial charge in [-0.2, -0.15) is 0 Å². The number of rotatable bonds is 16. The van der Waals surface area contributed by atoms with Gasteiger partial charge >= 0.3 is 97.6 Å². The van der Waals surface area contributed by atoms with Crippen molar-refractivity contribution in [3.63, 3.8) is 0 Å². The monoisotopic (exact) mass is 481 g/mol. The Morgan fingerprint density at radius 1 is 0.409 bits per heavy atom. The maximum absolute atomic E-state index is 2.30. The summed E-state index contributed by atoms with van der Waals surface area (Å²) in [6.07, 6.45) is 23.7. The maximum Gasteiger partial charge on any atom is -0.147 e. The molecule has 22 heavy (non-hydrogen) atoms. The molecule has 0 spiro atoms. The SMILES string of the molecule is CCCCCCCCCCCCCCCCC[CH2][Sn].Cl.Cl.Cl. The van der Waals surface area contributed by atoms with Crippen molar-refractivity contribution in [3.05, 3.63) is 0 Å². The van der Waals surface area contributed by atoms with Gasteiger partial charge in [0.05, 0.1) is 0 Å². The molecule has 0 atom stereocenters. The average molecular weight is 482 g/mol. The van der Waals surface area contributed by atoms with Gasteiger partial charge in [0.1, 0.15) is 0 Å². The Bertz CT molecular complexity index is 141. The van der Waals surface area contributed by atoms with Crippen LogP contribution in [0.5, 0.6) is 0 Å². The topological polar surface area (TPSA) is 0 Å².